The van der Waals surface area contributed by atoms with Crippen LogP contribution in [0.25, 0.3) is 6.08 Å². The molecule has 0 heterocycles. The van der Waals surface area contributed by atoms with Gasteiger partial charge < -0.3 is 4.74 Å². The van der Waals surface area contributed by atoms with Crippen LogP contribution in [0.1, 0.15) is 31.8 Å². The standard InChI is InChI=1S/C18H16O3/c1-13-5-3-4-6-16(13)17(19)12-9-14-7-10-15(11-8-14)18(20)21-2/h3-12H,1-2H3/b12-9+. The van der Waals surface area contributed by atoms with Crippen LogP contribution < -0.4 is 0 Å². The van der Waals surface area contributed by atoms with Crippen molar-refractivity contribution in [1.29, 1.82) is 0 Å². The van der Waals surface area contributed by atoms with Crippen LogP contribution in [0, 0.1) is 6.92 Å². The average Bonchev–Trinajstić information content (AvgIpc) is 2.52. The van der Waals surface area contributed by atoms with E-state index in [0.717, 1.165) is 11.1 Å². The SMILES string of the molecule is COC(=O)c1ccc(/C=C/C(=O)c2ccccc2C)cc1. The number of carbonyl (C=O) groups excluding carboxylic acids is 2. The second-order valence-corrected chi connectivity index (χ2v) is 4.63. The molecule has 3 nitrogen and oxygen atoms in total. The highest BCUT2D eigenvalue weighted by Gasteiger charge is 2.05. The fraction of sp³-hybridized carbons (Fsp3) is 0.111. The van der Waals surface area contributed by atoms with Crippen molar-refractivity contribution in [2.45, 2.75) is 6.92 Å². The molecule has 0 spiro atoms. The topological polar surface area (TPSA) is 43.4 Å². The van der Waals surface area contributed by atoms with E-state index in [1.807, 2.05) is 31.2 Å². The van der Waals surface area contributed by atoms with Crippen LogP contribution in [0.2, 0.25) is 0 Å². The smallest absolute Gasteiger partial charge is 0.337 e. The number of carbonyl (C=O) groups is 2. The predicted molar refractivity (Wildman–Crippen MR) is 82.3 cm³/mol. The second kappa shape index (κ2) is 6.66. The van der Waals surface area contributed by atoms with Crippen molar-refractivity contribution in [2.24, 2.45) is 0 Å². The van der Waals surface area contributed by atoms with Crippen LogP contribution in [-0.2, 0) is 4.74 Å². The summed E-state index contributed by atoms with van der Waals surface area (Å²) in [5.74, 6) is -0.410. The lowest BCUT2D eigenvalue weighted by Gasteiger charge is -2.01. The van der Waals surface area contributed by atoms with Gasteiger partial charge in [-0.3, -0.25) is 4.79 Å². The molecule has 0 aliphatic heterocycles. The molecule has 0 atom stereocenters. The molecule has 0 fully saturated rings. The van der Waals surface area contributed by atoms with Crippen molar-refractivity contribution < 1.29 is 14.3 Å². The molecule has 0 N–H and O–H groups in total. The van der Waals surface area contributed by atoms with E-state index >= 15 is 0 Å². The Bertz CT molecular complexity index is 682. The second-order valence-electron chi connectivity index (χ2n) is 4.63. The highest BCUT2D eigenvalue weighted by atomic mass is 16.5. The van der Waals surface area contributed by atoms with Crippen LogP contribution >= 0.6 is 0 Å². The normalized spacial score (nSPS) is 10.6. The molecular weight excluding hydrogens is 264 g/mol. The lowest BCUT2D eigenvalue weighted by molar-refractivity contribution is 0.0600. The first-order valence-electron chi connectivity index (χ1n) is 6.58. The van der Waals surface area contributed by atoms with E-state index in [4.69, 9.17) is 0 Å². The molecule has 2 aromatic carbocycles. The number of benzene rings is 2. The van der Waals surface area contributed by atoms with E-state index < -0.39 is 0 Å². The summed E-state index contributed by atoms with van der Waals surface area (Å²) in [6.07, 6.45) is 3.27. The third kappa shape index (κ3) is 3.66. The maximum absolute atomic E-state index is 12.1. The van der Waals surface area contributed by atoms with Crippen molar-refractivity contribution in [3.05, 3.63) is 76.9 Å². The number of allylic oxidation sites excluding steroid dienone is 1. The number of aryl methyl sites for hydroxylation is 1. The molecular formula is C18H16O3. The number of hydrogen-bond acceptors (Lipinski definition) is 3. The Labute approximate surface area is 123 Å². The highest BCUT2D eigenvalue weighted by molar-refractivity contribution is 6.07. The zero-order valence-corrected chi connectivity index (χ0v) is 12.0. The molecule has 21 heavy (non-hydrogen) atoms. The lowest BCUT2D eigenvalue weighted by atomic mass is 10.0. The van der Waals surface area contributed by atoms with Gasteiger partial charge >= 0.3 is 5.97 Å². The number of hydrogen-bond donors (Lipinski definition) is 0. The van der Waals surface area contributed by atoms with Gasteiger partial charge in [-0.1, -0.05) is 42.5 Å². The number of ketones is 1. The molecule has 0 saturated carbocycles. The fourth-order valence-corrected chi connectivity index (χ4v) is 1.96. The van der Waals surface area contributed by atoms with Crippen LogP contribution in [0.15, 0.2) is 54.6 Å². The summed E-state index contributed by atoms with van der Waals surface area (Å²) < 4.78 is 4.63. The van der Waals surface area contributed by atoms with Crippen LogP contribution in [0.3, 0.4) is 0 Å². The Balaban J connectivity index is 2.13. The van der Waals surface area contributed by atoms with Gasteiger partial charge in [0.1, 0.15) is 0 Å². The molecule has 0 aliphatic carbocycles. The molecule has 0 saturated heterocycles. The van der Waals surface area contributed by atoms with Crippen LogP contribution in [0.4, 0.5) is 0 Å². The predicted octanol–water partition coefficient (Wildman–Crippen LogP) is 3.68. The molecule has 3 heteroatoms. The molecule has 0 aliphatic rings. The van der Waals surface area contributed by atoms with Crippen LogP contribution in [0.5, 0.6) is 0 Å². The van der Waals surface area contributed by atoms with Gasteiger partial charge in [0.2, 0.25) is 0 Å². The van der Waals surface area contributed by atoms with E-state index in [1.165, 1.54) is 13.2 Å². The molecule has 106 valence electrons. The van der Waals surface area contributed by atoms with Gasteiger partial charge in [-0.05, 0) is 36.3 Å². The molecule has 2 rings (SSSR count). The highest BCUT2D eigenvalue weighted by Crippen LogP contribution is 2.11. The molecule has 0 bridgehead atoms. The molecule has 0 unspecified atom stereocenters. The van der Waals surface area contributed by atoms with Gasteiger partial charge in [0.25, 0.3) is 0 Å². The molecule has 0 amide bonds. The third-order valence-corrected chi connectivity index (χ3v) is 3.17. The van der Waals surface area contributed by atoms with E-state index in [2.05, 4.69) is 4.74 Å². The lowest BCUT2D eigenvalue weighted by Crippen LogP contribution is -2.00. The van der Waals surface area contributed by atoms with Gasteiger partial charge in [0.15, 0.2) is 5.78 Å². The average molecular weight is 280 g/mol. The zero-order chi connectivity index (χ0) is 15.2. The zero-order valence-electron chi connectivity index (χ0n) is 12.0. The molecule has 2 aromatic rings. The van der Waals surface area contributed by atoms with E-state index in [-0.39, 0.29) is 11.8 Å². The number of ether oxygens (including phenoxy) is 1. The van der Waals surface area contributed by atoms with Crippen molar-refractivity contribution in [3.63, 3.8) is 0 Å². The van der Waals surface area contributed by atoms with Gasteiger partial charge in [0, 0.05) is 5.56 Å². The minimum absolute atomic E-state index is 0.0369. The Kier molecular flexibility index (Phi) is 4.67. The van der Waals surface area contributed by atoms with Crippen molar-refractivity contribution in [3.8, 4) is 0 Å². The van der Waals surface area contributed by atoms with Crippen molar-refractivity contribution in [1.82, 2.24) is 0 Å². The third-order valence-electron chi connectivity index (χ3n) is 3.17. The fourth-order valence-electron chi connectivity index (χ4n) is 1.96. The largest absolute Gasteiger partial charge is 0.465 e. The van der Waals surface area contributed by atoms with Crippen molar-refractivity contribution >= 4 is 17.8 Å². The molecule has 0 aromatic heterocycles. The maximum Gasteiger partial charge on any atom is 0.337 e. The first kappa shape index (κ1) is 14.7. The minimum Gasteiger partial charge on any atom is -0.465 e. The number of methoxy groups -OCH3 is 1. The van der Waals surface area contributed by atoms with Gasteiger partial charge in [-0.25, -0.2) is 4.79 Å². The van der Waals surface area contributed by atoms with Gasteiger partial charge in [-0.2, -0.15) is 0 Å². The first-order chi connectivity index (χ1) is 10.1. The summed E-state index contributed by atoms with van der Waals surface area (Å²) in [6, 6.07) is 14.4. The summed E-state index contributed by atoms with van der Waals surface area (Å²) in [7, 11) is 1.34. The Morgan fingerprint density at radius 2 is 1.67 bits per heavy atom. The minimum atomic E-state index is -0.374. The maximum atomic E-state index is 12.1. The number of rotatable bonds is 4. The molecule has 0 radical (unpaired) electrons. The number of esters is 1. The van der Waals surface area contributed by atoms with Gasteiger partial charge in [-0.15, -0.1) is 0 Å². The summed E-state index contributed by atoms with van der Waals surface area (Å²) in [5.41, 5.74) is 2.98. The summed E-state index contributed by atoms with van der Waals surface area (Å²) >= 11 is 0. The van der Waals surface area contributed by atoms with Gasteiger partial charge in [0.05, 0.1) is 12.7 Å². The van der Waals surface area contributed by atoms with E-state index in [9.17, 15) is 9.59 Å². The van der Waals surface area contributed by atoms with E-state index in [1.54, 1.807) is 30.3 Å². The van der Waals surface area contributed by atoms with E-state index in [0.29, 0.717) is 11.1 Å². The van der Waals surface area contributed by atoms with Crippen LogP contribution in [-0.4, -0.2) is 18.9 Å². The summed E-state index contributed by atoms with van der Waals surface area (Å²) in [4.78, 5) is 23.4. The summed E-state index contributed by atoms with van der Waals surface area (Å²) in [5, 5.41) is 0. The Morgan fingerprint density at radius 1 is 1.00 bits per heavy atom. The quantitative estimate of drug-likeness (QED) is 0.487. The summed E-state index contributed by atoms with van der Waals surface area (Å²) in [6.45, 7) is 1.91. The van der Waals surface area contributed by atoms with Crippen molar-refractivity contribution in [2.75, 3.05) is 7.11 Å². The Hall–Kier alpha value is -2.68. The monoisotopic (exact) mass is 280 g/mol. The Morgan fingerprint density at radius 3 is 2.29 bits per heavy atom. The first-order valence-corrected chi connectivity index (χ1v) is 6.58.